The number of carbonyl (C=O) groups is 1. The summed E-state index contributed by atoms with van der Waals surface area (Å²) in [6.45, 7) is 3.92. The van der Waals surface area contributed by atoms with E-state index in [1.807, 2.05) is 31.2 Å². The number of esters is 1. The molecule has 1 saturated carbocycles. The largest absolute Gasteiger partial charge is 0.465 e. The Morgan fingerprint density at radius 2 is 1.86 bits per heavy atom. The van der Waals surface area contributed by atoms with Gasteiger partial charge in [0.2, 0.25) is 0 Å². The van der Waals surface area contributed by atoms with Gasteiger partial charge in [-0.25, -0.2) is 8.42 Å². The molecule has 1 aromatic rings. The molecular formula is C16H23NO4S. The van der Waals surface area contributed by atoms with Crippen LogP contribution in [0.1, 0.15) is 30.9 Å². The summed E-state index contributed by atoms with van der Waals surface area (Å²) in [5.74, 6) is -0.949. The quantitative estimate of drug-likeness (QED) is 0.796. The lowest BCUT2D eigenvalue weighted by Gasteiger charge is -2.14. The third kappa shape index (κ3) is 2.65. The highest BCUT2D eigenvalue weighted by atomic mass is 32.2. The van der Waals surface area contributed by atoms with Crippen LogP contribution in [0.3, 0.4) is 0 Å². The Balaban J connectivity index is 2.44. The van der Waals surface area contributed by atoms with Crippen LogP contribution >= 0.6 is 0 Å². The number of nitrogens with two attached hydrogens (primary N) is 1. The van der Waals surface area contributed by atoms with E-state index in [-0.39, 0.29) is 13.2 Å². The van der Waals surface area contributed by atoms with E-state index in [9.17, 15) is 13.2 Å². The van der Waals surface area contributed by atoms with E-state index < -0.39 is 32.4 Å². The smallest absolute Gasteiger partial charge is 0.315 e. The summed E-state index contributed by atoms with van der Waals surface area (Å²) < 4.78 is 29.3. The molecule has 0 amide bonds. The van der Waals surface area contributed by atoms with Crippen LogP contribution in [0.2, 0.25) is 0 Å². The molecule has 2 N–H and O–H groups in total. The van der Waals surface area contributed by atoms with Crippen LogP contribution in [0.4, 0.5) is 0 Å². The van der Waals surface area contributed by atoms with Gasteiger partial charge in [-0.05, 0) is 24.5 Å². The predicted octanol–water partition coefficient (Wildman–Crippen LogP) is 1.27. The third-order valence-electron chi connectivity index (χ3n) is 4.46. The molecule has 5 nitrogen and oxygen atoms in total. The number of benzene rings is 1. The van der Waals surface area contributed by atoms with Crippen molar-refractivity contribution in [1.29, 1.82) is 0 Å². The van der Waals surface area contributed by atoms with Crippen molar-refractivity contribution in [2.24, 2.45) is 11.1 Å². The molecule has 0 bridgehead atoms. The van der Waals surface area contributed by atoms with Gasteiger partial charge in [0.05, 0.1) is 11.9 Å². The monoisotopic (exact) mass is 325 g/mol. The molecule has 0 aromatic heterocycles. The van der Waals surface area contributed by atoms with Crippen LogP contribution in [0.25, 0.3) is 0 Å². The molecule has 122 valence electrons. The molecule has 0 spiro atoms. The van der Waals surface area contributed by atoms with Crippen molar-refractivity contribution in [3.63, 3.8) is 0 Å². The van der Waals surface area contributed by atoms with Crippen LogP contribution < -0.4 is 5.73 Å². The average molecular weight is 325 g/mol. The van der Waals surface area contributed by atoms with Crippen molar-refractivity contribution < 1.29 is 17.9 Å². The lowest BCUT2D eigenvalue weighted by Crippen LogP contribution is -2.33. The summed E-state index contributed by atoms with van der Waals surface area (Å²) in [7, 11) is -3.41. The Morgan fingerprint density at radius 3 is 2.27 bits per heavy atom. The minimum absolute atomic E-state index is 0.0379. The molecule has 1 aliphatic rings. The molecule has 0 aliphatic heterocycles. The van der Waals surface area contributed by atoms with E-state index in [1.54, 1.807) is 6.92 Å². The van der Waals surface area contributed by atoms with E-state index in [1.165, 1.54) is 0 Å². The minimum Gasteiger partial charge on any atom is -0.465 e. The SMILES string of the molecule is CCOC(=O)[C@@]1(CN)[C@@H](c2ccc(CC)cc2)[C@@H]1S(C)(=O)=O. The maximum Gasteiger partial charge on any atom is 0.315 e. The first kappa shape index (κ1) is 17.0. The number of hydrogen-bond donors (Lipinski definition) is 1. The van der Waals surface area contributed by atoms with Crippen LogP contribution in [0, 0.1) is 5.41 Å². The zero-order valence-corrected chi connectivity index (χ0v) is 14.0. The van der Waals surface area contributed by atoms with E-state index >= 15 is 0 Å². The Bertz CT molecular complexity index is 653. The zero-order chi connectivity index (χ0) is 16.5. The van der Waals surface area contributed by atoms with Crippen molar-refractivity contribution in [2.45, 2.75) is 31.4 Å². The van der Waals surface area contributed by atoms with Gasteiger partial charge < -0.3 is 10.5 Å². The Kier molecular flexibility index (Phi) is 4.63. The van der Waals surface area contributed by atoms with E-state index in [4.69, 9.17) is 10.5 Å². The van der Waals surface area contributed by atoms with Crippen molar-refractivity contribution in [3.05, 3.63) is 35.4 Å². The van der Waals surface area contributed by atoms with E-state index in [2.05, 4.69) is 0 Å². The molecule has 1 aliphatic carbocycles. The normalized spacial score (nSPS) is 27.5. The Hall–Kier alpha value is -1.40. The summed E-state index contributed by atoms with van der Waals surface area (Å²) in [6, 6.07) is 7.69. The number of sulfone groups is 1. The second-order valence-electron chi connectivity index (χ2n) is 5.79. The lowest BCUT2D eigenvalue weighted by molar-refractivity contribution is -0.149. The second kappa shape index (κ2) is 6.01. The van der Waals surface area contributed by atoms with Crippen LogP contribution in [-0.4, -0.2) is 39.0 Å². The highest BCUT2D eigenvalue weighted by molar-refractivity contribution is 7.91. The van der Waals surface area contributed by atoms with Crippen molar-refractivity contribution in [2.75, 3.05) is 19.4 Å². The summed E-state index contributed by atoms with van der Waals surface area (Å²) in [5.41, 5.74) is 6.64. The highest BCUT2D eigenvalue weighted by Crippen LogP contribution is 2.62. The Labute approximate surface area is 131 Å². The molecule has 0 unspecified atom stereocenters. The maximum atomic E-state index is 12.4. The van der Waals surface area contributed by atoms with Gasteiger partial charge in [-0.15, -0.1) is 0 Å². The van der Waals surface area contributed by atoms with E-state index in [0.717, 1.165) is 23.8 Å². The topological polar surface area (TPSA) is 86.5 Å². The van der Waals surface area contributed by atoms with Crippen molar-refractivity contribution >= 4 is 15.8 Å². The summed E-state index contributed by atoms with van der Waals surface area (Å²) in [5, 5.41) is -0.809. The molecule has 0 radical (unpaired) electrons. The molecule has 0 heterocycles. The van der Waals surface area contributed by atoms with Gasteiger partial charge >= 0.3 is 5.97 Å². The van der Waals surface area contributed by atoms with Gasteiger partial charge in [0, 0.05) is 18.7 Å². The predicted molar refractivity (Wildman–Crippen MR) is 85.3 cm³/mol. The standard InChI is InChI=1S/C16H23NO4S/c1-4-11-6-8-12(9-7-11)13-14(22(3,19)20)16(13,10-17)15(18)21-5-2/h6-9,13-14H,4-5,10,17H2,1-3H3/t13-,14-,16-/m0/s1. The Morgan fingerprint density at radius 1 is 1.27 bits per heavy atom. The maximum absolute atomic E-state index is 12.4. The molecule has 2 rings (SSSR count). The van der Waals surface area contributed by atoms with Crippen molar-refractivity contribution in [1.82, 2.24) is 0 Å². The molecule has 1 fully saturated rings. The van der Waals surface area contributed by atoms with Gasteiger partial charge in [0.25, 0.3) is 0 Å². The van der Waals surface area contributed by atoms with Crippen LogP contribution in [0.5, 0.6) is 0 Å². The first-order valence-corrected chi connectivity index (χ1v) is 9.43. The number of aryl methyl sites for hydroxylation is 1. The summed E-state index contributed by atoms with van der Waals surface area (Å²) >= 11 is 0. The molecule has 3 atom stereocenters. The molecule has 1 aromatic carbocycles. The summed E-state index contributed by atoms with van der Waals surface area (Å²) in [6.07, 6.45) is 2.06. The van der Waals surface area contributed by atoms with Crippen LogP contribution in [0.15, 0.2) is 24.3 Å². The number of carbonyl (C=O) groups excluding carboxylic acids is 1. The molecule has 22 heavy (non-hydrogen) atoms. The van der Waals surface area contributed by atoms with Gasteiger partial charge in [0.15, 0.2) is 9.84 Å². The number of ether oxygens (including phenoxy) is 1. The fraction of sp³-hybridized carbons (Fsp3) is 0.562. The first-order valence-electron chi connectivity index (χ1n) is 7.47. The van der Waals surface area contributed by atoms with Gasteiger partial charge in [-0.2, -0.15) is 0 Å². The number of hydrogen-bond acceptors (Lipinski definition) is 5. The lowest BCUT2D eigenvalue weighted by atomic mass is 9.98. The molecule has 6 heteroatoms. The van der Waals surface area contributed by atoms with Crippen LogP contribution in [-0.2, 0) is 25.8 Å². The fourth-order valence-corrected chi connectivity index (χ4v) is 5.22. The van der Waals surface area contributed by atoms with E-state index in [0.29, 0.717) is 0 Å². The average Bonchev–Trinajstić information content (AvgIpc) is 3.18. The minimum atomic E-state index is -3.41. The zero-order valence-electron chi connectivity index (χ0n) is 13.2. The first-order chi connectivity index (χ1) is 10.3. The van der Waals surface area contributed by atoms with Gasteiger partial charge in [-0.1, -0.05) is 31.2 Å². The highest BCUT2D eigenvalue weighted by Gasteiger charge is 2.74. The van der Waals surface area contributed by atoms with Gasteiger partial charge in [0.1, 0.15) is 5.41 Å². The van der Waals surface area contributed by atoms with Gasteiger partial charge in [-0.3, -0.25) is 4.79 Å². The molecular weight excluding hydrogens is 302 g/mol. The van der Waals surface area contributed by atoms with Crippen molar-refractivity contribution in [3.8, 4) is 0 Å². The summed E-state index contributed by atoms with van der Waals surface area (Å²) in [4.78, 5) is 12.4. The number of rotatable bonds is 6. The fourth-order valence-electron chi connectivity index (χ4n) is 3.30. The molecule has 0 saturated heterocycles. The second-order valence-corrected chi connectivity index (χ2v) is 7.95. The third-order valence-corrected chi connectivity index (χ3v) is 6.07.